The number of nitrogens with one attached hydrogen (secondary N) is 2. The van der Waals surface area contributed by atoms with Crippen molar-refractivity contribution in [1.29, 1.82) is 0 Å². The zero-order chi connectivity index (χ0) is 20.4. The van der Waals surface area contributed by atoms with Crippen molar-refractivity contribution in [1.82, 2.24) is 0 Å². The maximum absolute atomic E-state index is 12.7. The Morgan fingerprint density at radius 2 is 1.70 bits per heavy atom. The number of para-hydroxylation sites is 1. The van der Waals surface area contributed by atoms with Crippen LogP contribution >= 0.6 is 34.2 Å². The van der Waals surface area contributed by atoms with Gasteiger partial charge in [-0.2, -0.15) is 13.2 Å². The molecule has 2 aromatic carbocycles. The second kappa shape index (κ2) is 8.03. The molecule has 0 aromatic heterocycles. The van der Waals surface area contributed by atoms with Crippen molar-refractivity contribution in [2.45, 2.75) is 18.7 Å². The molecule has 3 N–H and O–H groups in total. The van der Waals surface area contributed by atoms with Crippen LogP contribution in [0.1, 0.15) is 17.3 Å². The highest BCUT2D eigenvalue weighted by atomic mass is 127. The fraction of sp³-hybridized carbons (Fsp3) is 0.176. The molecule has 2 rings (SSSR count). The van der Waals surface area contributed by atoms with E-state index in [0.717, 1.165) is 3.57 Å². The van der Waals surface area contributed by atoms with Gasteiger partial charge in [0, 0.05) is 9.13 Å². The minimum Gasteiger partial charge on any atom is -0.373 e. The summed E-state index contributed by atoms with van der Waals surface area (Å²) >= 11 is 8.01. The summed E-state index contributed by atoms with van der Waals surface area (Å²) in [6, 6.07) is 10.7. The summed E-state index contributed by atoms with van der Waals surface area (Å²) in [6.45, 7) is 0.333. The van der Waals surface area contributed by atoms with Gasteiger partial charge in [0.2, 0.25) is 5.60 Å². The highest BCUT2D eigenvalue weighted by Gasteiger charge is 2.55. The third-order valence-electron chi connectivity index (χ3n) is 3.60. The van der Waals surface area contributed by atoms with E-state index in [1.165, 1.54) is 18.2 Å². The molecule has 0 spiro atoms. The molecule has 27 heavy (non-hydrogen) atoms. The topological polar surface area (TPSA) is 78.4 Å². The van der Waals surface area contributed by atoms with Crippen molar-refractivity contribution in [3.05, 3.63) is 56.6 Å². The monoisotopic (exact) mass is 512 g/mol. The van der Waals surface area contributed by atoms with Crippen molar-refractivity contribution in [2.75, 3.05) is 10.6 Å². The minimum absolute atomic E-state index is 0.139. The van der Waals surface area contributed by atoms with E-state index in [-0.39, 0.29) is 16.3 Å². The highest BCUT2D eigenvalue weighted by Crippen LogP contribution is 2.32. The summed E-state index contributed by atoms with van der Waals surface area (Å²) < 4.78 is 38.9. The number of aliphatic hydroxyl groups is 1. The quantitative estimate of drug-likeness (QED) is 0.530. The molecule has 1 unspecified atom stereocenters. The first-order chi connectivity index (χ1) is 12.4. The lowest BCUT2D eigenvalue weighted by Gasteiger charge is -2.25. The maximum Gasteiger partial charge on any atom is 0.426 e. The molecule has 0 saturated heterocycles. The van der Waals surface area contributed by atoms with Crippen LogP contribution in [0.5, 0.6) is 0 Å². The van der Waals surface area contributed by atoms with Gasteiger partial charge in [-0.15, -0.1) is 0 Å². The Bertz CT molecular complexity index is 888. The predicted octanol–water partition coefficient (Wildman–Crippen LogP) is 4.45. The van der Waals surface area contributed by atoms with Crippen molar-refractivity contribution < 1.29 is 27.9 Å². The summed E-state index contributed by atoms with van der Waals surface area (Å²) in [5, 5.41) is 13.8. The first kappa shape index (κ1) is 21.5. The SMILES string of the molecule is CC(O)(C(=O)Nc1ccc(C(=O)Nc2ccccc2I)cc1Cl)C(F)(F)F. The molecule has 1 atom stereocenters. The normalized spacial score (nSPS) is 13.6. The average molecular weight is 513 g/mol. The van der Waals surface area contributed by atoms with Gasteiger partial charge in [-0.3, -0.25) is 9.59 Å². The number of carbonyl (C=O) groups is 2. The van der Waals surface area contributed by atoms with E-state index in [0.29, 0.717) is 12.6 Å². The molecule has 10 heteroatoms. The van der Waals surface area contributed by atoms with Crippen LogP contribution < -0.4 is 10.6 Å². The first-order valence-electron chi connectivity index (χ1n) is 7.39. The van der Waals surface area contributed by atoms with Crippen LogP contribution in [-0.4, -0.2) is 28.7 Å². The van der Waals surface area contributed by atoms with Crippen LogP contribution in [0.15, 0.2) is 42.5 Å². The molecule has 0 saturated carbocycles. The molecule has 0 aliphatic rings. The van der Waals surface area contributed by atoms with Crippen LogP contribution in [0.4, 0.5) is 24.5 Å². The third-order valence-corrected chi connectivity index (χ3v) is 4.85. The van der Waals surface area contributed by atoms with Crippen LogP contribution in [0.25, 0.3) is 0 Å². The Hall–Kier alpha value is -1.85. The highest BCUT2D eigenvalue weighted by molar-refractivity contribution is 14.1. The van der Waals surface area contributed by atoms with Crippen LogP contribution in [0.3, 0.4) is 0 Å². The standard InChI is InChI=1S/C17H13ClF3IN2O3/c1-16(27,17(19,20)21)15(26)24-12-7-6-9(8-10(12)18)14(25)23-13-5-3-2-4-11(13)22/h2-8,27H,1H3,(H,23,25)(H,24,26). The van der Waals surface area contributed by atoms with Crippen molar-refractivity contribution in [3.8, 4) is 0 Å². The summed E-state index contributed by atoms with van der Waals surface area (Å²) in [5.41, 5.74) is -3.04. The second-order valence-electron chi connectivity index (χ2n) is 5.65. The summed E-state index contributed by atoms with van der Waals surface area (Å²) in [4.78, 5) is 24.0. The number of amides is 2. The Labute approximate surface area is 171 Å². The van der Waals surface area contributed by atoms with Gasteiger partial charge in [-0.1, -0.05) is 23.7 Å². The molecule has 2 aromatic rings. The van der Waals surface area contributed by atoms with Crippen LogP contribution in [-0.2, 0) is 4.79 Å². The van der Waals surface area contributed by atoms with Gasteiger partial charge in [0.25, 0.3) is 11.8 Å². The zero-order valence-corrected chi connectivity index (χ0v) is 16.6. The van der Waals surface area contributed by atoms with Crippen LogP contribution in [0.2, 0.25) is 5.02 Å². The molecule has 144 valence electrons. The van der Waals surface area contributed by atoms with Gasteiger partial charge in [0.05, 0.1) is 16.4 Å². The minimum atomic E-state index is -5.16. The van der Waals surface area contributed by atoms with Gasteiger partial charge in [-0.25, -0.2) is 0 Å². The van der Waals surface area contributed by atoms with Gasteiger partial charge in [-0.05, 0) is 59.8 Å². The zero-order valence-electron chi connectivity index (χ0n) is 13.7. The predicted molar refractivity (Wildman–Crippen MR) is 104 cm³/mol. The van der Waals surface area contributed by atoms with E-state index in [9.17, 15) is 27.9 Å². The number of benzene rings is 2. The number of anilines is 2. The molecular weight excluding hydrogens is 500 g/mol. The van der Waals surface area contributed by atoms with Crippen molar-refractivity contribution in [3.63, 3.8) is 0 Å². The lowest BCUT2D eigenvalue weighted by molar-refractivity contribution is -0.242. The molecule has 0 bridgehead atoms. The number of halogens is 5. The van der Waals surface area contributed by atoms with Gasteiger partial charge in [0.1, 0.15) is 0 Å². The Morgan fingerprint density at radius 1 is 1.07 bits per heavy atom. The van der Waals surface area contributed by atoms with Gasteiger partial charge in [0.15, 0.2) is 0 Å². The molecule has 5 nitrogen and oxygen atoms in total. The van der Waals surface area contributed by atoms with E-state index >= 15 is 0 Å². The smallest absolute Gasteiger partial charge is 0.373 e. The molecule has 0 aliphatic carbocycles. The lowest BCUT2D eigenvalue weighted by Crippen LogP contribution is -2.52. The molecular formula is C17H13ClF3IN2O3. The molecule has 0 radical (unpaired) electrons. The average Bonchev–Trinajstić information content (AvgIpc) is 2.57. The Kier molecular flexibility index (Phi) is 6.38. The Balaban J connectivity index is 2.17. The molecule has 0 fully saturated rings. The van der Waals surface area contributed by atoms with E-state index in [1.54, 1.807) is 18.2 Å². The van der Waals surface area contributed by atoms with Crippen LogP contribution in [0, 0.1) is 3.57 Å². The largest absolute Gasteiger partial charge is 0.426 e. The Morgan fingerprint density at radius 3 is 2.26 bits per heavy atom. The van der Waals surface area contributed by atoms with E-state index in [1.807, 2.05) is 34.0 Å². The molecule has 0 aliphatic heterocycles. The maximum atomic E-state index is 12.7. The first-order valence-corrected chi connectivity index (χ1v) is 8.85. The number of carbonyl (C=O) groups excluding carboxylic acids is 2. The van der Waals surface area contributed by atoms with E-state index < -0.39 is 23.6 Å². The number of hydrogen-bond acceptors (Lipinski definition) is 3. The van der Waals surface area contributed by atoms with Gasteiger partial charge >= 0.3 is 6.18 Å². The molecule has 2 amide bonds. The molecule has 0 heterocycles. The second-order valence-corrected chi connectivity index (χ2v) is 7.22. The number of alkyl halides is 3. The van der Waals surface area contributed by atoms with Gasteiger partial charge < -0.3 is 15.7 Å². The number of hydrogen-bond donors (Lipinski definition) is 3. The fourth-order valence-corrected chi connectivity index (χ4v) is 2.64. The van der Waals surface area contributed by atoms with Crippen molar-refractivity contribution >= 4 is 57.4 Å². The fourth-order valence-electron chi connectivity index (χ4n) is 1.89. The van der Waals surface area contributed by atoms with E-state index in [2.05, 4.69) is 5.32 Å². The van der Waals surface area contributed by atoms with E-state index in [4.69, 9.17) is 11.6 Å². The third kappa shape index (κ3) is 4.90. The summed E-state index contributed by atoms with van der Waals surface area (Å²) in [7, 11) is 0. The summed E-state index contributed by atoms with van der Waals surface area (Å²) in [5.74, 6) is -2.17. The lowest BCUT2D eigenvalue weighted by atomic mass is 10.1. The van der Waals surface area contributed by atoms with Crippen molar-refractivity contribution in [2.24, 2.45) is 0 Å². The summed E-state index contributed by atoms with van der Waals surface area (Å²) in [6.07, 6.45) is -5.16. The number of rotatable bonds is 4.